The number of hydrogen-bond donors (Lipinski definition) is 2. The van der Waals surface area contributed by atoms with Crippen LogP contribution >= 0.6 is 11.8 Å². The lowest BCUT2D eigenvalue weighted by Gasteiger charge is -2.05. The molecule has 0 spiro atoms. The van der Waals surface area contributed by atoms with Gasteiger partial charge in [0, 0.05) is 10.6 Å². The van der Waals surface area contributed by atoms with Crippen LogP contribution in [-0.2, 0) is 5.75 Å². The summed E-state index contributed by atoms with van der Waals surface area (Å²) in [5, 5.41) is 9.33. The van der Waals surface area contributed by atoms with E-state index in [1.54, 1.807) is 17.8 Å². The first-order valence-corrected chi connectivity index (χ1v) is 6.40. The van der Waals surface area contributed by atoms with E-state index >= 15 is 0 Å². The molecule has 0 fully saturated rings. The molecule has 2 rings (SSSR count). The number of aryl methyl sites for hydroxylation is 1. The van der Waals surface area contributed by atoms with Gasteiger partial charge in [0.1, 0.15) is 5.75 Å². The minimum atomic E-state index is 0.147. The molecule has 2 aromatic carbocycles. The van der Waals surface area contributed by atoms with Crippen molar-refractivity contribution in [1.29, 1.82) is 0 Å². The van der Waals surface area contributed by atoms with E-state index in [4.69, 9.17) is 5.73 Å². The highest BCUT2D eigenvalue weighted by Crippen LogP contribution is 2.26. The second-order valence-corrected chi connectivity index (χ2v) is 5.04. The zero-order valence-electron chi connectivity index (χ0n) is 9.68. The van der Waals surface area contributed by atoms with Crippen LogP contribution in [0.15, 0.2) is 47.4 Å². The molecule has 0 saturated carbocycles. The number of phenolic OH excluding ortho intramolecular Hbond substituents is 1. The first-order valence-electron chi connectivity index (χ1n) is 5.42. The van der Waals surface area contributed by atoms with Gasteiger partial charge in [0.25, 0.3) is 0 Å². The minimum absolute atomic E-state index is 0.147. The summed E-state index contributed by atoms with van der Waals surface area (Å²) < 4.78 is 0. The highest BCUT2D eigenvalue weighted by Gasteiger charge is 2.00. The molecule has 2 aromatic rings. The van der Waals surface area contributed by atoms with Gasteiger partial charge in [0.15, 0.2) is 0 Å². The van der Waals surface area contributed by atoms with Gasteiger partial charge in [-0.15, -0.1) is 11.8 Å². The summed E-state index contributed by atoms with van der Waals surface area (Å²) in [6, 6.07) is 13.8. The molecule has 0 saturated heterocycles. The topological polar surface area (TPSA) is 46.2 Å². The van der Waals surface area contributed by atoms with Gasteiger partial charge in [-0.25, -0.2) is 0 Å². The van der Waals surface area contributed by atoms with Crippen LogP contribution in [0.4, 0.5) is 5.69 Å². The number of nitrogen functional groups attached to an aromatic ring is 1. The van der Waals surface area contributed by atoms with E-state index in [2.05, 4.69) is 31.2 Å². The molecule has 88 valence electrons. The molecule has 2 nitrogen and oxygen atoms in total. The van der Waals surface area contributed by atoms with E-state index in [1.165, 1.54) is 10.5 Å². The van der Waals surface area contributed by atoms with Crippen LogP contribution in [0.3, 0.4) is 0 Å². The van der Waals surface area contributed by atoms with Crippen LogP contribution < -0.4 is 5.73 Å². The van der Waals surface area contributed by atoms with Gasteiger partial charge in [-0.3, -0.25) is 0 Å². The second kappa shape index (κ2) is 5.15. The van der Waals surface area contributed by atoms with E-state index in [1.807, 2.05) is 12.1 Å². The lowest BCUT2D eigenvalue weighted by atomic mass is 10.2. The largest absolute Gasteiger partial charge is 0.506 e. The standard InChI is InChI=1S/C14H15NOS/c1-10-2-5-12(6-3-10)17-9-11-4-7-14(16)13(15)8-11/h2-8,16H,9,15H2,1H3. The maximum Gasteiger partial charge on any atom is 0.138 e. The van der Waals surface area contributed by atoms with Gasteiger partial charge < -0.3 is 10.8 Å². The number of benzene rings is 2. The molecule has 17 heavy (non-hydrogen) atoms. The quantitative estimate of drug-likeness (QED) is 0.493. The molecule has 0 aliphatic carbocycles. The fourth-order valence-corrected chi connectivity index (χ4v) is 2.34. The maximum atomic E-state index is 9.33. The van der Waals surface area contributed by atoms with E-state index in [-0.39, 0.29) is 5.75 Å². The number of hydrogen-bond acceptors (Lipinski definition) is 3. The smallest absolute Gasteiger partial charge is 0.138 e. The van der Waals surface area contributed by atoms with Crippen LogP contribution in [0.1, 0.15) is 11.1 Å². The number of thioether (sulfide) groups is 1. The van der Waals surface area contributed by atoms with Crippen LogP contribution in [0, 0.1) is 6.92 Å². The number of phenols is 1. The molecule has 3 N–H and O–H groups in total. The summed E-state index contributed by atoms with van der Waals surface area (Å²) in [4.78, 5) is 1.24. The average Bonchev–Trinajstić information content (AvgIpc) is 2.33. The Morgan fingerprint density at radius 2 is 1.82 bits per heavy atom. The predicted molar refractivity (Wildman–Crippen MR) is 73.3 cm³/mol. The Bertz CT molecular complexity index is 508. The van der Waals surface area contributed by atoms with Gasteiger partial charge in [0.05, 0.1) is 5.69 Å². The molecule has 0 aliphatic rings. The Balaban J connectivity index is 2.02. The Morgan fingerprint density at radius 1 is 1.12 bits per heavy atom. The summed E-state index contributed by atoms with van der Waals surface area (Å²) in [6.45, 7) is 2.08. The maximum absolute atomic E-state index is 9.33. The lowest BCUT2D eigenvalue weighted by molar-refractivity contribution is 0.478. The highest BCUT2D eigenvalue weighted by atomic mass is 32.2. The molecule has 0 radical (unpaired) electrons. The van der Waals surface area contributed by atoms with Gasteiger partial charge in [-0.05, 0) is 36.8 Å². The Kier molecular flexibility index (Phi) is 3.59. The van der Waals surface area contributed by atoms with Crippen molar-refractivity contribution >= 4 is 17.4 Å². The van der Waals surface area contributed by atoms with Gasteiger partial charge in [-0.2, -0.15) is 0 Å². The first-order chi connectivity index (χ1) is 8.15. The van der Waals surface area contributed by atoms with Crippen molar-refractivity contribution in [2.45, 2.75) is 17.6 Å². The number of nitrogens with two attached hydrogens (primary N) is 1. The van der Waals surface area contributed by atoms with Crippen molar-refractivity contribution in [2.24, 2.45) is 0 Å². The average molecular weight is 245 g/mol. The first kappa shape index (κ1) is 11.9. The van der Waals surface area contributed by atoms with Crippen molar-refractivity contribution in [1.82, 2.24) is 0 Å². The fourth-order valence-electron chi connectivity index (χ4n) is 1.49. The van der Waals surface area contributed by atoms with Crippen molar-refractivity contribution in [3.63, 3.8) is 0 Å². The molecule has 0 atom stereocenters. The molecule has 0 aliphatic heterocycles. The molecule has 3 heteroatoms. The highest BCUT2D eigenvalue weighted by molar-refractivity contribution is 7.98. The molecular formula is C14H15NOS. The van der Waals surface area contributed by atoms with E-state index in [0.29, 0.717) is 5.69 Å². The molecule has 0 unspecified atom stereocenters. The molecule has 0 aromatic heterocycles. The third-order valence-corrected chi connectivity index (χ3v) is 3.60. The van der Waals surface area contributed by atoms with Crippen molar-refractivity contribution in [3.8, 4) is 5.75 Å². The summed E-state index contributed by atoms with van der Waals surface area (Å²) in [5.41, 5.74) is 8.47. The van der Waals surface area contributed by atoms with Crippen LogP contribution in [-0.4, -0.2) is 5.11 Å². The van der Waals surface area contributed by atoms with Crippen LogP contribution in [0.25, 0.3) is 0 Å². The zero-order chi connectivity index (χ0) is 12.3. The number of anilines is 1. The van der Waals surface area contributed by atoms with Crippen molar-refractivity contribution in [3.05, 3.63) is 53.6 Å². The van der Waals surface area contributed by atoms with E-state index < -0.39 is 0 Å². The molecular weight excluding hydrogens is 230 g/mol. The normalized spacial score (nSPS) is 10.4. The van der Waals surface area contributed by atoms with E-state index in [0.717, 1.165) is 11.3 Å². The summed E-state index contributed by atoms with van der Waals surface area (Å²) >= 11 is 1.76. The molecule has 0 bridgehead atoms. The zero-order valence-corrected chi connectivity index (χ0v) is 10.5. The minimum Gasteiger partial charge on any atom is -0.506 e. The second-order valence-electron chi connectivity index (χ2n) is 3.99. The van der Waals surface area contributed by atoms with Crippen molar-refractivity contribution in [2.75, 3.05) is 5.73 Å². The van der Waals surface area contributed by atoms with Gasteiger partial charge >= 0.3 is 0 Å². The Morgan fingerprint density at radius 3 is 2.47 bits per heavy atom. The summed E-state index contributed by atoms with van der Waals surface area (Å²) in [5.74, 6) is 1.00. The summed E-state index contributed by atoms with van der Waals surface area (Å²) in [7, 11) is 0. The van der Waals surface area contributed by atoms with E-state index in [9.17, 15) is 5.11 Å². The SMILES string of the molecule is Cc1ccc(SCc2ccc(O)c(N)c2)cc1. The molecule has 0 amide bonds. The number of rotatable bonds is 3. The number of aromatic hydroxyl groups is 1. The van der Waals surface area contributed by atoms with Gasteiger partial charge in [-0.1, -0.05) is 23.8 Å². The third-order valence-electron chi connectivity index (χ3n) is 2.52. The third kappa shape index (κ3) is 3.17. The Labute approximate surface area is 105 Å². The van der Waals surface area contributed by atoms with Crippen molar-refractivity contribution < 1.29 is 5.11 Å². The Hall–Kier alpha value is -1.61. The summed E-state index contributed by atoms with van der Waals surface area (Å²) in [6.07, 6.45) is 0. The monoisotopic (exact) mass is 245 g/mol. The predicted octanol–water partition coefficient (Wildman–Crippen LogP) is 3.58. The van der Waals surface area contributed by atoms with Crippen LogP contribution in [0.2, 0.25) is 0 Å². The lowest BCUT2D eigenvalue weighted by Crippen LogP contribution is -1.88. The van der Waals surface area contributed by atoms with Crippen LogP contribution in [0.5, 0.6) is 5.75 Å². The fraction of sp³-hybridized carbons (Fsp3) is 0.143. The van der Waals surface area contributed by atoms with Gasteiger partial charge in [0.2, 0.25) is 0 Å². The molecule has 0 heterocycles.